The van der Waals surface area contributed by atoms with Crippen LogP contribution in [0.3, 0.4) is 0 Å². The van der Waals surface area contributed by atoms with Gasteiger partial charge in [0, 0.05) is 21.1 Å². The van der Waals surface area contributed by atoms with E-state index in [2.05, 4.69) is 11.9 Å². The second-order valence-electron chi connectivity index (χ2n) is 6.34. The van der Waals surface area contributed by atoms with Crippen LogP contribution in [0.1, 0.15) is 32.6 Å². The van der Waals surface area contributed by atoms with Gasteiger partial charge >= 0.3 is 5.69 Å². The van der Waals surface area contributed by atoms with Crippen LogP contribution in [0.4, 0.5) is 0 Å². The molecule has 0 unspecified atom stereocenters. The van der Waals surface area contributed by atoms with Gasteiger partial charge in [-0.2, -0.15) is 4.98 Å². The van der Waals surface area contributed by atoms with Gasteiger partial charge in [-0.25, -0.2) is 4.79 Å². The molecule has 120 valence electrons. The average molecular weight is 306 g/mol. The molecule has 0 aliphatic heterocycles. The van der Waals surface area contributed by atoms with Crippen LogP contribution >= 0.6 is 0 Å². The summed E-state index contributed by atoms with van der Waals surface area (Å²) in [5, 5.41) is 0. The van der Waals surface area contributed by atoms with Gasteiger partial charge < -0.3 is 4.74 Å². The minimum atomic E-state index is -0.381. The lowest BCUT2D eigenvalue weighted by Gasteiger charge is -2.26. The summed E-state index contributed by atoms with van der Waals surface area (Å²) in [5.74, 6) is 0.644. The largest absolute Gasteiger partial charge is 0.461 e. The number of imidazole rings is 1. The molecule has 3 rings (SSSR count). The molecule has 0 aromatic carbocycles. The zero-order valence-electron chi connectivity index (χ0n) is 13.5. The molecule has 1 aliphatic rings. The van der Waals surface area contributed by atoms with Crippen molar-refractivity contribution < 1.29 is 4.74 Å². The molecule has 1 aliphatic carbocycles. The van der Waals surface area contributed by atoms with E-state index in [4.69, 9.17) is 4.74 Å². The van der Waals surface area contributed by atoms with Crippen LogP contribution in [0.15, 0.2) is 9.59 Å². The SMILES string of the molecule is C[C@@H]1CCC[C@H](Oc2nc3c(c(=O)n(C)c(=O)n3C)n2C)C1. The van der Waals surface area contributed by atoms with Gasteiger partial charge in [0.15, 0.2) is 11.2 Å². The van der Waals surface area contributed by atoms with Gasteiger partial charge in [-0.15, -0.1) is 0 Å². The van der Waals surface area contributed by atoms with Gasteiger partial charge in [-0.05, 0) is 25.2 Å². The van der Waals surface area contributed by atoms with Crippen molar-refractivity contribution in [1.29, 1.82) is 0 Å². The van der Waals surface area contributed by atoms with E-state index in [1.807, 2.05) is 0 Å². The Hall–Kier alpha value is -2.05. The van der Waals surface area contributed by atoms with E-state index in [9.17, 15) is 9.59 Å². The summed E-state index contributed by atoms with van der Waals surface area (Å²) in [6.45, 7) is 2.23. The highest BCUT2D eigenvalue weighted by molar-refractivity contribution is 5.71. The van der Waals surface area contributed by atoms with E-state index in [0.717, 1.165) is 23.8 Å². The van der Waals surface area contributed by atoms with Crippen molar-refractivity contribution in [3.8, 4) is 6.01 Å². The van der Waals surface area contributed by atoms with E-state index >= 15 is 0 Å². The molecular weight excluding hydrogens is 284 g/mol. The molecule has 1 saturated carbocycles. The van der Waals surface area contributed by atoms with Crippen molar-refractivity contribution in [2.75, 3.05) is 0 Å². The highest BCUT2D eigenvalue weighted by Gasteiger charge is 2.24. The molecule has 2 atom stereocenters. The first-order valence-corrected chi connectivity index (χ1v) is 7.69. The standard InChI is InChI=1S/C15H22N4O3/c1-9-6-5-7-10(8-9)22-14-16-12-11(17(14)2)13(20)19(4)15(21)18(12)3/h9-10H,5-8H2,1-4H3/t9-,10+/m1/s1. The average Bonchev–Trinajstić information content (AvgIpc) is 2.80. The number of rotatable bonds is 2. The Morgan fingerprint density at radius 2 is 1.82 bits per heavy atom. The minimum absolute atomic E-state index is 0.125. The van der Waals surface area contributed by atoms with E-state index in [-0.39, 0.29) is 17.4 Å². The Balaban J connectivity index is 2.07. The number of hydrogen-bond acceptors (Lipinski definition) is 4. The normalized spacial score (nSPS) is 22.2. The molecule has 7 heteroatoms. The molecule has 22 heavy (non-hydrogen) atoms. The van der Waals surface area contributed by atoms with Crippen LogP contribution in [-0.2, 0) is 21.1 Å². The van der Waals surface area contributed by atoms with Gasteiger partial charge in [0.1, 0.15) is 6.10 Å². The summed E-state index contributed by atoms with van der Waals surface area (Å²) in [5.41, 5.74) is 0.0336. The molecule has 2 aromatic heterocycles. The minimum Gasteiger partial charge on any atom is -0.461 e. The van der Waals surface area contributed by atoms with Crippen molar-refractivity contribution in [2.45, 2.75) is 38.7 Å². The Bertz CT molecular complexity index is 830. The fraction of sp³-hybridized carbons (Fsp3) is 0.667. The topological polar surface area (TPSA) is 71.1 Å². The number of nitrogens with zero attached hydrogens (tertiary/aromatic N) is 4. The van der Waals surface area contributed by atoms with Crippen LogP contribution in [0, 0.1) is 5.92 Å². The van der Waals surface area contributed by atoms with Gasteiger partial charge in [0.25, 0.3) is 11.6 Å². The number of aryl methyl sites for hydroxylation is 2. The van der Waals surface area contributed by atoms with Crippen molar-refractivity contribution in [3.05, 3.63) is 20.8 Å². The lowest BCUT2D eigenvalue weighted by Crippen LogP contribution is -2.37. The van der Waals surface area contributed by atoms with Gasteiger partial charge in [-0.1, -0.05) is 13.3 Å². The Morgan fingerprint density at radius 3 is 2.50 bits per heavy atom. The molecule has 2 aromatic rings. The molecular formula is C15H22N4O3. The Kier molecular flexibility index (Phi) is 3.58. The van der Waals surface area contributed by atoms with Crippen LogP contribution in [0.5, 0.6) is 6.01 Å². The molecule has 2 heterocycles. The predicted octanol–water partition coefficient (Wildman–Crippen LogP) is 0.928. The summed E-state index contributed by atoms with van der Waals surface area (Å²) in [6, 6.07) is 0.410. The van der Waals surface area contributed by atoms with Gasteiger partial charge in [-0.3, -0.25) is 18.5 Å². The molecule has 0 saturated heterocycles. The third-order valence-electron chi connectivity index (χ3n) is 4.59. The molecule has 0 N–H and O–H groups in total. The fourth-order valence-corrected chi connectivity index (χ4v) is 3.24. The van der Waals surface area contributed by atoms with Crippen molar-refractivity contribution in [1.82, 2.24) is 18.7 Å². The van der Waals surface area contributed by atoms with Crippen LogP contribution in [0.2, 0.25) is 0 Å². The molecule has 7 nitrogen and oxygen atoms in total. The van der Waals surface area contributed by atoms with E-state index < -0.39 is 0 Å². The molecule has 1 fully saturated rings. The van der Waals surface area contributed by atoms with E-state index in [1.54, 1.807) is 18.7 Å². The predicted molar refractivity (Wildman–Crippen MR) is 83.2 cm³/mol. The second kappa shape index (κ2) is 5.30. The molecule has 0 spiro atoms. The first kappa shape index (κ1) is 14.9. The maximum absolute atomic E-state index is 12.3. The number of fused-ring (bicyclic) bond motifs is 1. The summed E-state index contributed by atoms with van der Waals surface area (Å²) in [7, 11) is 4.84. The van der Waals surface area contributed by atoms with Crippen molar-refractivity contribution >= 4 is 11.2 Å². The van der Waals surface area contributed by atoms with Crippen molar-refractivity contribution in [2.24, 2.45) is 27.1 Å². The quantitative estimate of drug-likeness (QED) is 0.827. The van der Waals surface area contributed by atoms with Crippen LogP contribution in [0.25, 0.3) is 11.2 Å². The molecule has 0 amide bonds. The first-order chi connectivity index (χ1) is 10.4. The fourth-order valence-electron chi connectivity index (χ4n) is 3.24. The van der Waals surface area contributed by atoms with Crippen molar-refractivity contribution in [3.63, 3.8) is 0 Å². The lowest BCUT2D eigenvalue weighted by molar-refractivity contribution is 0.115. The number of hydrogen-bond donors (Lipinski definition) is 0. The summed E-state index contributed by atoms with van der Waals surface area (Å²) in [6.07, 6.45) is 4.51. The maximum Gasteiger partial charge on any atom is 0.332 e. The zero-order valence-corrected chi connectivity index (χ0v) is 13.5. The van der Waals surface area contributed by atoms with E-state index in [0.29, 0.717) is 23.1 Å². The van der Waals surface area contributed by atoms with Crippen LogP contribution < -0.4 is 16.0 Å². The third kappa shape index (κ3) is 2.24. The third-order valence-corrected chi connectivity index (χ3v) is 4.59. The Labute approximate surface area is 128 Å². The van der Waals surface area contributed by atoms with Gasteiger partial charge in [0.2, 0.25) is 0 Å². The first-order valence-electron chi connectivity index (χ1n) is 7.69. The highest BCUT2D eigenvalue weighted by atomic mass is 16.5. The summed E-state index contributed by atoms with van der Waals surface area (Å²) in [4.78, 5) is 28.7. The van der Waals surface area contributed by atoms with Gasteiger partial charge in [0.05, 0.1) is 0 Å². The summed E-state index contributed by atoms with van der Waals surface area (Å²) >= 11 is 0. The maximum atomic E-state index is 12.3. The molecule has 0 bridgehead atoms. The Morgan fingerprint density at radius 1 is 1.09 bits per heavy atom. The number of aromatic nitrogens is 4. The molecule has 0 radical (unpaired) electrons. The lowest BCUT2D eigenvalue weighted by atomic mass is 9.89. The highest BCUT2D eigenvalue weighted by Crippen LogP contribution is 2.27. The number of ether oxygens (including phenoxy) is 1. The zero-order chi connectivity index (χ0) is 16.0. The second-order valence-corrected chi connectivity index (χ2v) is 6.34. The monoisotopic (exact) mass is 306 g/mol. The van der Waals surface area contributed by atoms with E-state index in [1.165, 1.54) is 18.0 Å². The summed E-state index contributed by atoms with van der Waals surface area (Å²) < 4.78 is 10.1. The smallest absolute Gasteiger partial charge is 0.332 e. The van der Waals surface area contributed by atoms with Crippen LogP contribution in [-0.4, -0.2) is 24.8 Å².